The molecule has 2 aliphatic rings. The molecule has 0 bridgehead atoms. The summed E-state index contributed by atoms with van der Waals surface area (Å²) in [5.74, 6) is 0.794. The van der Waals surface area contributed by atoms with Gasteiger partial charge in [0, 0.05) is 13.1 Å². The smallest absolute Gasteiger partial charge is 0.0996 e. The normalized spacial score (nSPS) is 35.4. The number of hydrogen-bond donors (Lipinski definition) is 0. The Morgan fingerprint density at radius 2 is 2.23 bits per heavy atom. The summed E-state index contributed by atoms with van der Waals surface area (Å²) in [5, 5.41) is 0. The molecule has 0 amide bonds. The standard InChI is InChI=1S/C11H19NO/c1-2-7-12-8-10-5-3-4-6-11(10)13-9-12/h2,10-11H,1,3-9H2. The van der Waals surface area contributed by atoms with Gasteiger partial charge in [0.15, 0.2) is 0 Å². The zero-order valence-electron chi connectivity index (χ0n) is 8.24. The van der Waals surface area contributed by atoms with Crippen LogP contribution < -0.4 is 0 Å². The number of ether oxygens (including phenoxy) is 1. The van der Waals surface area contributed by atoms with Gasteiger partial charge in [0.25, 0.3) is 0 Å². The molecule has 2 atom stereocenters. The Morgan fingerprint density at radius 1 is 1.38 bits per heavy atom. The molecule has 0 aromatic rings. The molecule has 2 unspecified atom stereocenters. The van der Waals surface area contributed by atoms with E-state index in [4.69, 9.17) is 4.74 Å². The maximum atomic E-state index is 5.83. The summed E-state index contributed by atoms with van der Waals surface area (Å²) in [5.41, 5.74) is 0. The lowest BCUT2D eigenvalue weighted by Gasteiger charge is -2.40. The molecule has 0 spiro atoms. The molecule has 1 heterocycles. The van der Waals surface area contributed by atoms with Crippen molar-refractivity contribution in [1.82, 2.24) is 4.90 Å². The second-order valence-electron chi connectivity index (χ2n) is 4.20. The van der Waals surface area contributed by atoms with Gasteiger partial charge in [-0.05, 0) is 18.8 Å². The number of nitrogens with zero attached hydrogens (tertiary/aromatic N) is 1. The second kappa shape index (κ2) is 4.25. The molecule has 1 aliphatic heterocycles. The maximum absolute atomic E-state index is 5.83. The van der Waals surface area contributed by atoms with Gasteiger partial charge in [-0.2, -0.15) is 0 Å². The van der Waals surface area contributed by atoms with Crippen LogP contribution in [0.4, 0.5) is 0 Å². The molecule has 74 valence electrons. The first kappa shape index (κ1) is 9.22. The van der Waals surface area contributed by atoms with Gasteiger partial charge < -0.3 is 4.74 Å². The molecule has 0 N–H and O–H groups in total. The quantitative estimate of drug-likeness (QED) is 0.604. The van der Waals surface area contributed by atoms with E-state index in [1.807, 2.05) is 6.08 Å². The Kier molecular flexibility index (Phi) is 3.01. The van der Waals surface area contributed by atoms with Crippen molar-refractivity contribution in [1.29, 1.82) is 0 Å². The Morgan fingerprint density at radius 3 is 3.08 bits per heavy atom. The lowest BCUT2D eigenvalue weighted by atomic mass is 9.85. The molecule has 2 rings (SSSR count). The van der Waals surface area contributed by atoms with Crippen LogP contribution in [0.15, 0.2) is 12.7 Å². The summed E-state index contributed by atoms with van der Waals surface area (Å²) < 4.78 is 5.83. The van der Waals surface area contributed by atoms with Gasteiger partial charge in [0.1, 0.15) is 0 Å². The zero-order valence-corrected chi connectivity index (χ0v) is 8.24. The predicted octanol–water partition coefficient (Wildman–Crippen LogP) is 2.02. The summed E-state index contributed by atoms with van der Waals surface area (Å²) in [6.45, 7) is 6.77. The molecule has 1 saturated heterocycles. The molecule has 1 aliphatic carbocycles. The van der Waals surface area contributed by atoms with E-state index in [0.29, 0.717) is 6.10 Å². The Hall–Kier alpha value is -0.340. The second-order valence-corrected chi connectivity index (χ2v) is 4.20. The average molecular weight is 181 g/mol. The van der Waals surface area contributed by atoms with Crippen molar-refractivity contribution >= 4 is 0 Å². The van der Waals surface area contributed by atoms with Crippen LogP contribution in [0, 0.1) is 5.92 Å². The van der Waals surface area contributed by atoms with Gasteiger partial charge in [-0.25, -0.2) is 0 Å². The highest BCUT2D eigenvalue weighted by Gasteiger charge is 2.31. The molecule has 13 heavy (non-hydrogen) atoms. The van der Waals surface area contributed by atoms with Crippen molar-refractivity contribution in [3.05, 3.63) is 12.7 Å². The first-order valence-corrected chi connectivity index (χ1v) is 5.35. The van der Waals surface area contributed by atoms with Crippen LogP contribution in [0.2, 0.25) is 0 Å². The Balaban J connectivity index is 1.87. The van der Waals surface area contributed by atoms with Gasteiger partial charge in [0.2, 0.25) is 0 Å². The fourth-order valence-corrected chi connectivity index (χ4v) is 2.50. The van der Waals surface area contributed by atoms with E-state index in [1.165, 1.54) is 32.2 Å². The van der Waals surface area contributed by atoms with Crippen LogP contribution in [-0.2, 0) is 4.74 Å². The third-order valence-electron chi connectivity index (χ3n) is 3.19. The van der Waals surface area contributed by atoms with E-state index in [0.717, 1.165) is 19.2 Å². The fraction of sp³-hybridized carbons (Fsp3) is 0.818. The van der Waals surface area contributed by atoms with Crippen LogP contribution >= 0.6 is 0 Å². The third-order valence-corrected chi connectivity index (χ3v) is 3.19. The maximum Gasteiger partial charge on any atom is 0.0996 e. The monoisotopic (exact) mass is 181 g/mol. The van der Waals surface area contributed by atoms with Crippen molar-refractivity contribution in [3.63, 3.8) is 0 Å². The molecule has 2 fully saturated rings. The highest BCUT2D eigenvalue weighted by molar-refractivity contribution is 4.83. The average Bonchev–Trinajstić information content (AvgIpc) is 2.18. The molecule has 0 aromatic heterocycles. The summed E-state index contributed by atoms with van der Waals surface area (Å²) in [6, 6.07) is 0. The molecule has 2 nitrogen and oxygen atoms in total. The lowest BCUT2D eigenvalue weighted by Crippen LogP contribution is -2.46. The first-order valence-electron chi connectivity index (χ1n) is 5.35. The van der Waals surface area contributed by atoms with Crippen molar-refractivity contribution in [2.75, 3.05) is 19.8 Å². The Bertz CT molecular complexity index is 181. The minimum Gasteiger partial charge on any atom is -0.363 e. The van der Waals surface area contributed by atoms with Crippen LogP contribution in [0.3, 0.4) is 0 Å². The van der Waals surface area contributed by atoms with E-state index in [-0.39, 0.29) is 0 Å². The van der Waals surface area contributed by atoms with Gasteiger partial charge >= 0.3 is 0 Å². The third kappa shape index (κ3) is 2.12. The predicted molar refractivity (Wildman–Crippen MR) is 53.5 cm³/mol. The minimum absolute atomic E-state index is 0.565. The van der Waals surface area contributed by atoms with Crippen molar-refractivity contribution < 1.29 is 4.74 Å². The molecule has 0 aromatic carbocycles. The fourth-order valence-electron chi connectivity index (χ4n) is 2.50. The highest BCUT2D eigenvalue weighted by Crippen LogP contribution is 2.30. The van der Waals surface area contributed by atoms with E-state index in [1.54, 1.807) is 0 Å². The lowest BCUT2D eigenvalue weighted by molar-refractivity contribution is -0.113. The molecule has 0 radical (unpaired) electrons. The number of hydrogen-bond acceptors (Lipinski definition) is 2. The van der Waals surface area contributed by atoms with Gasteiger partial charge in [-0.1, -0.05) is 18.9 Å². The van der Waals surface area contributed by atoms with Gasteiger partial charge in [0.05, 0.1) is 12.8 Å². The van der Waals surface area contributed by atoms with Crippen LogP contribution in [0.1, 0.15) is 25.7 Å². The van der Waals surface area contributed by atoms with Gasteiger partial charge in [-0.15, -0.1) is 6.58 Å². The highest BCUT2D eigenvalue weighted by atomic mass is 16.5. The van der Waals surface area contributed by atoms with Crippen molar-refractivity contribution in [2.45, 2.75) is 31.8 Å². The topological polar surface area (TPSA) is 12.5 Å². The summed E-state index contributed by atoms with van der Waals surface area (Å²) in [4.78, 5) is 2.35. The molecule has 2 heteroatoms. The number of rotatable bonds is 2. The minimum atomic E-state index is 0.565. The summed E-state index contributed by atoms with van der Waals surface area (Å²) in [7, 11) is 0. The van der Waals surface area contributed by atoms with E-state index in [9.17, 15) is 0 Å². The van der Waals surface area contributed by atoms with E-state index < -0.39 is 0 Å². The van der Waals surface area contributed by atoms with Crippen LogP contribution in [0.5, 0.6) is 0 Å². The summed E-state index contributed by atoms with van der Waals surface area (Å²) in [6.07, 6.45) is 7.93. The first-order chi connectivity index (χ1) is 6.40. The molecular formula is C11H19NO. The summed E-state index contributed by atoms with van der Waals surface area (Å²) >= 11 is 0. The molecule has 1 saturated carbocycles. The number of fused-ring (bicyclic) bond motifs is 1. The van der Waals surface area contributed by atoms with Gasteiger partial charge in [-0.3, -0.25) is 4.90 Å². The van der Waals surface area contributed by atoms with Crippen molar-refractivity contribution in [3.8, 4) is 0 Å². The SMILES string of the molecule is C=CCN1COC2CCCCC2C1. The van der Waals surface area contributed by atoms with Crippen molar-refractivity contribution in [2.24, 2.45) is 5.92 Å². The van der Waals surface area contributed by atoms with Crippen LogP contribution in [-0.4, -0.2) is 30.8 Å². The Labute approximate surface area is 80.6 Å². The largest absolute Gasteiger partial charge is 0.363 e. The zero-order chi connectivity index (χ0) is 9.10. The molecular weight excluding hydrogens is 162 g/mol. The van der Waals surface area contributed by atoms with E-state index in [2.05, 4.69) is 11.5 Å². The van der Waals surface area contributed by atoms with E-state index >= 15 is 0 Å². The van der Waals surface area contributed by atoms with Crippen LogP contribution in [0.25, 0.3) is 0 Å².